The van der Waals surface area contributed by atoms with E-state index in [0.29, 0.717) is 37.5 Å². The number of para-hydroxylation sites is 1. The monoisotopic (exact) mass is 338 g/mol. The largest absolute Gasteiger partial charge is 0.484 e. The Hall–Kier alpha value is -2.82. The van der Waals surface area contributed by atoms with Crippen LogP contribution in [0, 0.1) is 0 Å². The molecule has 0 aliphatic carbocycles. The number of hydrogen-bond donors (Lipinski definition) is 0. The number of amides is 2. The summed E-state index contributed by atoms with van der Waals surface area (Å²) < 4.78 is 5.53. The normalized spacial score (nSPS) is 14.7. The molecule has 130 valence electrons. The molecule has 1 heterocycles. The van der Waals surface area contributed by atoms with Gasteiger partial charge in [-0.25, -0.2) is 0 Å². The van der Waals surface area contributed by atoms with Crippen molar-refractivity contribution in [3.05, 3.63) is 66.2 Å². The lowest BCUT2D eigenvalue weighted by Gasteiger charge is -2.22. The van der Waals surface area contributed by atoms with Crippen LogP contribution in [0.1, 0.15) is 16.8 Å². The average Bonchev–Trinajstić information content (AvgIpc) is 2.93. The fraction of sp³-hybridized carbons (Fsp3) is 0.300. The van der Waals surface area contributed by atoms with Gasteiger partial charge in [-0.15, -0.1) is 0 Å². The Morgan fingerprint density at radius 1 is 0.800 bits per heavy atom. The van der Waals surface area contributed by atoms with Gasteiger partial charge in [0.2, 0.25) is 0 Å². The van der Waals surface area contributed by atoms with Gasteiger partial charge in [-0.2, -0.15) is 0 Å². The zero-order valence-electron chi connectivity index (χ0n) is 14.1. The lowest BCUT2D eigenvalue weighted by atomic mass is 10.2. The summed E-state index contributed by atoms with van der Waals surface area (Å²) in [6.07, 6.45) is 0.773. The first kappa shape index (κ1) is 17.0. The molecule has 0 saturated carbocycles. The zero-order chi connectivity index (χ0) is 17.5. The molecule has 2 amide bonds. The molecule has 1 fully saturated rings. The van der Waals surface area contributed by atoms with Gasteiger partial charge in [0, 0.05) is 31.7 Å². The quantitative estimate of drug-likeness (QED) is 0.860. The van der Waals surface area contributed by atoms with Crippen molar-refractivity contribution in [2.24, 2.45) is 0 Å². The molecule has 2 aromatic rings. The topological polar surface area (TPSA) is 49.9 Å². The van der Waals surface area contributed by atoms with Gasteiger partial charge in [-0.05, 0) is 30.7 Å². The Morgan fingerprint density at radius 2 is 1.40 bits per heavy atom. The summed E-state index contributed by atoms with van der Waals surface area (Å²) in [5, 5.41) is 0. The molecule has 0 spiro atoms. The number of hydrogen-bond acceptors (Lipinski definition) is 3. The molecule has 0 aromatic heterocycles. The number of benzene rings is 2. The van der Waals surface area contributed by atoms with Crippen LogP contribution in [0.3, 0.4) is 0 Å². The lowest BCUT2D eigenvalue weighted by molar-refractivity contribution is -0.133. The summed E-state index contributed by atoms with van der Waals surface area (Å²) in [5.74, 6) is 0.667. The number of ether oxygens (including phenoxy) is 1. The first-order chi connectivity index (χ1) is 12.2. The number of carbonyl (C=O) groups is 2. The molecule has 0 N–H and O–H groups in total. The minimum Gasteiger partial charge on any atom is -0.484 e. The molecule has 0 radical (unpaired) electrons. The highest BCUT2D eigenvalue weighted by Crippen LogP contribution is 2.11. The molecule has 0 bridgehead atoms. The van der Waals surface area contributed by atoms with Crippen molar-refractivity contribution in [2.75, 3.05) is 32.8 Å². The van der Waals surface area contributed by atoms with E-state index in [0.717, 1.165) is 6.42 Å². The van der Waals surface area contributed by atoms with E-state index in [2.05, 4.69) is 0 Å². The SMILES string of the molecule is O=C(COc1ccccc1)N1CCCN(C(=O)c2ccccc2)CC1. The maximum absolute atomic E-state index is 12.5. The second-order valence-electron chi connectivity index (χ2n) is 5.99. The van der Waals surface area contributed by atoms with Gasteiger partial charge in [0.1, 0.15) is 5.75 Å². The number of carbonyl (C=O) groups excluding carboxylic acids is 2. The van der Waals surface area contributed by atoms with Crippen molar-refractivity contribution in [3.63, 3.8) is 0 Å². The van der Waals surface area contributed by atoms with E-state index >= 15 is 0 Å². The third kappa shape index (κ3) is 4.59. The Morgan fingerprint density at radius 3 is 2.12 bits per heavy atom. The Kier molecular flexibility index (Phi) is 5.67. The minimum absolute atomic E-state index is 0.0236. The van der Waals surface area contributed by atoms with E-state index in [1.807, 2.05) is 65.6 Å². The molecule has 0 unspecified atom stereocenters. The van der Waals surface area contributed by atoms with Crippen LogP contribution in [0.4, 0.5) is 0 Å². The summed E-state index contributed by atoms with van der Waals surface area (Å²) in [5.41, 5.74) is 0.690. The van der Waals surface area contributed by atoms with E-state index in [-0.39, 0.29) is 18.4 Å². The van der Waals surface area contributed by atoms with Crippen molar-refractivity contribution in [3.8, 4) is 5.75 Å². The van der Waals surface area contributed by atoms with Gasteiger partial charge in [-0.3, -0.25) is 9.59 Å². The van der Waals surface area contributed by atoms with Crippen molar-refractivity contribution < 1.29 is 14.3 Å². The Bertz CT molecular complexity index is 703. The van der Waals surface area contributed by atoms with Gasteiger partial charge in [0.15, 0.2) is 6.61 Å². The van der Waals surface area contributed by atoms with Crippen LogP contribution >= 0.6 is 0 Å². The second-order valence-corrected chi connectivity index (χ2v) is 5.99. The van der Waals surface area contributed by atoms with Crippen molar-refractivity contribution >= 4 is 11.8 Å². The summed E-state index contributed by atoms with van der Waals surface area (Å²) in [6, 6.07) is 18.6. The van der Waals surface area contributed by atoms with E-state index in [4.69, 9.17) is 4.74 Å². The summed E-state index contributed by atoms with van der Waals surface area (Å²) in [6.45, 7) is 2.42. The van der Waals surface area contributed by atoms with E-state index < -0.39 is 0 Å². The molecule has 3 rings (SSSR count). The predicted octanol–water partition coefficient (Wildman–Crippen LogP) is 2.44. The van der Waals surface area contributed by atoms with Gasteiger partial charge < -0.3 is 14.5 Å². The summed E-state index contributed by atoms with van der Waals surface area (Å²) in [7, 11) is 0. The molecule has 0 atom stereocenters. The van der Waals surface area contributed by atoms with Crippen molar-refractivity contribution in [1.82, 2.24) is 9.80 Å². The molecule has 5 nitrogen and oxygen atoms in total. The third-order valence-corrected chi connectivity index (χ3v) is 4.26. The minimum atomic E-state index is -0.0436. The Labute approximate surface area is 147 Å². The standard InChI is InChI=1S/C20H22N2O3/c23-19(16-25-18-10-5-2-6-11-18)21-12-7-13-22(15-14-21)20(24)17-8-3-1-4-9-17/h1-6,8-11H,7,12-16H2. The number of rotatable bonds is 4. The molecule has 5 heteroatoms. The summed E-state index contributed by atoms with van der Waals surface area (Å²) >= 11 is 0. The van der Waals surface area contributed by atoms with E-state index in [1.54, 1.807) is 4.90 Å². The molecule has 1 aliphatic rings. The second kappa shape index (κ2) is 8.33. The van der Waals surface area contributed by atoms with Crippen LogP contribution in [0.5, 0.6) is 5.75 Å². The van der Waals surface area contributed by atoms with Crippen LogP contribution in [-0.4, -0.2) is 54.4 Å². The van der Waals surface area contributed by atoms with Gasteiger partial charge >= 0.3 is 0 Å². The van der Waals surface area contributed by atoms with E-state index in [1.165, 1.54) is 0 Å². The average molecular weight is 338 g/mol. The molecule has 1 saturated heterocycles. The zero-order valence-corrected chi connectivity index (χ0v) is 14.1. The van der Waals surface area contributed by atoms with Gasteiger partial charge in [0.25, 0.3) is 11.8 Å². The molecule has 2 aromatic carbocycles. The highest BCUT2D eigenvalue weighted by atomic mass is 16.5. The highest BCUT2D eigenvalue weighted by Gasteiger charge is 2.22. The van der Waals surface area contributed by atoms with Crippen LogP contribution in [0.2, 0.25) is 0 Å². The van der Waals surface area contributed by atoms with Crippen LogP contribution in [-0.2, 0) is 4.79 Å². The number of nitrogens with zero attached hydrogens (tertiary/aromatic N) is 2. The first-order valence-electron chi connectivity index (χ1n) is 8.54. The first-order valence-corrected chi connectivity index (χ1v) is 8.54. The molecular weight excluding hydrogens is 316 g/mol. The fourth-order valence-corrected chi connectivity index (χ4v) is 2.89. The van der Waals surface area contributed by atoms with Gasteiger partial charge in [0.05, 0.1) is 0 Å². The van der Waals surface area contributed by atoms with Crippen LogP contribution in [0.25, 0.3) is 0 Å². The van der Waals surface area contributed by atoms with Crippen LogP contribution < -0.4 is 4.74 Å². The lowest BCUT2D eigenvalue weighted by Crippen LogP contribution is -2.39. The third-order valence-electron chi connectivity index (χ3n) is 4.26. The fourth-order valence-electron chi connectivity index (χ4n) is 2.89. The molecule has 25 heavy (non-hydrogen) atoms. The van der Waals surface area contributed by atoms with Gasteiger partial charge in [-0.1, -0.05) is 36.4 Å². The maximum atomic E-state index is 12.5. The van der Waals surface area contributed by atoms with Crippen LogP contribution in [0.15, 0.2) is 60.7 Å². The van der Waals surface area contributed by atoms with E-state index in [9.17, 15) is 9.59 Å². The highest BCUT2D eigenvalue weighted by molar-refractivity contribution is 5.94. The summed E-state index contributed by atoms with van der Waals surface area (Å²) in [4.78, 5) is 28.5. The van der Waals surface area contributed by atoms with Crippen molar-refractivity contribution in [2.45, 2.75) is 6.42 Å². The predicted molar refractivity (Wildman–Crippen MR) is 95.5 cm³/mol. The smallest absolute Gasteiger partial charge is 0.260 e. The molecular formula is C20H22N2O3. The molecule has 1 aliphatic heterocycles. The Balaban J connectivity index is 1.52. The maximum Gasteiger partial charge on any atom is 0.260 e. The van der Waals surface area contributed by atoms with Crippen molar-refractivity contribution in [1.29, 1.82) is 0 Å².